The maximum Gasteiger partial charge on any atom is 0.406 e. The van der Waals surface area contributed by atoms with Crippen LogP contribution in [0.4, 0.5) is 18.9 Å². The standard InChI is InChI=1S/C24H28F3N3O2/c1-32-21-13-17-9-10-22(31)30(15-24(25,26)27)20(17)12-18(21)14-29-19-8-5-11-28-23(19)16-6-3-2-4-7-16/h2-4,6-7,12-13,19,23,28-29H,5,8-11,14-15H2,1H3/t19?,23-/m0/s1. The number of aryl methyl sites for hydroxylation is 1. The van der Waals surface area contributed by atoms with Gasteiger partial charge in [0.2, 0.25) is 5.91 Å². The molecule has 1 fully saturated rings. The molecule has 0 aromatic heterocycles. The Balaban J connectivity index is 1.57. The summed E-state index contributed by atoms with van der Waals surface area (Å²) >= 11 is 0. The number of anilines is 1. The van der Waals surface area contributed by atoms with E-state index in [1.807, 2.05) is 18.2 Å². The van der Waals surface area contributed by atoms with Crippen molar-refractivity contribution in [1.29, 1.82) is 0 Å². The number of carbonyl (C=O) groups is 1. The zero-order chi connectivity index (χ0) is 22.7. The summed E-state index contributed by atoms with van der Waals surface area (Å²) < 4.78 is 44.9. The van der Waals surface area contributed by atoms with Crippen molar-refractivity contribution in [3.8, 4) is 5.75 Å². The number of alkyl halides is 3. The molecule has 2 N–H and O–H groups in total. The van der Waals surface area contributed by atoms with E-state index in [1.54, 1.807) is 19.2 Å². The van der Waals surface area contributed by atoms with Gasteiger partial charge in [-0.05, 0) is 49.1 Å². The van der Waals surface area contributed by atoms with Crippen molar-refractivity contribution in [3.05, 3.63) is 59.2 Å². The summed E-state index contributed by atoms with van der Waals surface area (Å²) in [7, 11) is 1.56. The Morgan fingerprint density at radius 2 is 1.97 bits per heavy atom. The maximum absolute atomic E-state index is 13.1. The number of hydrogen-bond donors (Lipinski definition) is 2. The molecule has 1 amide bonds. The van der Waals surface area contributed by atoms with Crippen LogP contribution in [0.2, 0.25) is 0 Å². The molecule has 4 rings (SSSR count). The SMILES string of the molecule is COc1cc2c(cc1CNC1CCCN[C@H]1c1ccccc1)N(CC(F)(F)F)C(=O)CC2. The van der Waals surface area contributed by atoms with Gasteiger partial charge in [-0.2, -0.15) is 13.2 Å². The molecule has 0 saturated carbocycles. The van der Waals surface area contributed by atoms with Gasteiger partial charge in [-0.15, -0.1) is 0 Å². The molecule has 2 aromatic rings. The highest BCUT2D eigenvalue weighted by molar-refractivity contribution is 5.96. The van der Waals surface area contributed by atoms with Crippen LogP contribution in [0.3, 0.4) is 0 Å². The number of piperidine rings is 1. The average molecular weight is 448 g/mol. The van der Waals surface area contributed by atoms with Crippen LogP contribution in [0.1, 0.15) is 42.0 Å². The molecule has 8 heteroatoms. The van der Waals surface area contributed by atoms with E-state index in [0.717, 1.165) is 29.8 Å². The van der Waals surface area contributed by atoms with E-state index in [0.29, 0.717) is 30.0 Å². The Morgan fingerprint density at radius 3 is 2.69 bits per heavy atom. The zero-order valence-electron chi connectivity index (χ0n) is 18.0. The van der Waals surface area contributed by atoms with E-state index in [2.05, 4.69) is 22.8 Å². The molecule has 0 radical (unpaired) electrons. The molecular formula is C24H28F3N3O2. The third-order valence-corrected chi connectivity index (χ3v) is 6.19. The van der Waals surface area contributed by atoms with Gasteiger partial charge < -0.3 is 20.3 Å². The quantitative estimate of drug-likeness (QED) is 0.700. The lowest BCUT2D eigenvalue weighted by Crippen LogP contribution is -2.45. The Labute approximate surface area is 185 Å². The number of benzene rings is 2. The summed E-state index contributed by atoms with van der Waals surface area (Å²) in [5.74, 6) is 0.122. The summed E-state index contributed by atoms with van der Waals surface area (Å²) in [6.07, 6.45) is -1.96. The van der Waals surface area contributed by atoms with E-state index < -0.39 is 18.6 Å². The lowest BCUT2D eigenvalue weighted by Gasteiger charge is -2.34. The number of amides is 1. The Kier molecular flexibility index (Phi) is 6.71. The number of carbonyl (C=O) groups excluding carboxylic acids is 1. The second-order valence-corrected chi connectivity index (χ2v) is 8.36. The first-order valence-corrected chi connectivity index (χ1v) is 10.9. The highest BCUT2D eigenvalue weighted by Crippen LogP contribution is 2.36. The van der Waals surface area contributed by atoms with Crippen molar-refractivity contribution in [1.82, 2.24) is 10.6 Å². The second-order valence-electron chi connectivity index (χ2n) is 8.36. The fourth-order valence-electron chi connectivity index (χ4n) is 4.66. The number of hydrogen-bond acceptors (Lipinski definition) is 4. The molecule has 2 aliphatic rings. The largest absolute Gasteiger partial charge is 0.496 e. The van der Waals surface area contributed by atoms with Crippen LogP contribution >= 0.6 is 0 Å². The minimum Gasteiger partial charge on any atom is -0.496 e. The molecule has 0 aliphatic carbocycles. The molecule has 2 atom stereocenters. The van der Waals surface area contributed by atoms with Gasteiger partial charge in [-0.25, -0.2) is 0 Å². The maximum atomic E-state index is 13.1. The first-order chi connectivity index (χ1) is 15.4. The summed E-state index contributed by atoms with van der Waals surface area (Å²) in [5, 5.41) is 7.14. The molecule has 2 aromatic carbocycles. The Bertz CT molecular complexity index is 949. The van der Waals surface area contributed by atoms with Crippen molar-refractivity contribution in [3.63, 3.8) is 0 Å². The smallest absolute Gasteiger partial charge is 0.406 e. The van der Waals surface area contributed by atoms with Crippen molar-refractivity contribution in [2.45, 2.75) is 50.5 Å². The molecule has 1 unspecified atom stereocenters. The van der Waals surface area contributed by atoms with E-state index in [4.69, 9.17) is 4.74 Å². The van der Waals surface area contributed by atoms with Crippen LogP contribution in [0.15, 0.2) is 42.5 Å². The number of methoxy groups -OCH3 is 1. The van der Waals surface area contributed by atoms with Crippen LogP contribution < -0.4 is 20.3 Å². The highest BCUT2D eigenvalue weighted by Gasteiger charge is 2.36. The van der Waals surface area contributed by atoms with E-state index in [9.17, 15) is 18.0 Å². The predicted octanol–water partition coefficient (Wildman–Crippen LogP) is 4.12. The number of nitrogens with zero attached hydrogens (tertiary/aromatic N) is 1. The fourth-order valence-corrected chi connectivity index (χ4v) is 4.66. The van der Waals surface area contributed by atoms with Crippen molar-refractivity contribution in [2.75, 3.05) is 25.1 Å². The monoisotopic (exact) mass is 447 g/mol. The van der Waals surface area contributed by atoms with Crippen LogP contribution in [0.5, 0.6) is 5.75 Å². The van der Waals surface area contributed by atoms with Gasteiger partial charge in [0.1, 0.15) is 12.3 Å². The highest BCUT2D eigenvalue weighted by atomic mass is 19.4. The van der Waals surface area contributed by atoms with Gasteiger partial charge in [-0.1, -0.05) is 30.3 Å². The summed E-state index contributed by atoms with van der Waals surface area (Å²) in [4.78, 5) is 13.1. The van der Waals surface area contributed by atoms with Gasteiger partial charge in [0, 0.05) is 36.3 Å². The van der Waals surface area contributed by atoms with Crippen molar-refractivity contribution >= 4 is 11.6 Å². The normalized spacial score (nSPS) is 21.4. The Morgan fingerprint density at radius 1 is 1.19 bits per heavy atom. The first-order valence-electron chi connectivity index (χ1n) is 10.9. The summed E-state index contributed by atoms with van der Waals surface area (Å²) in [6.45, 7) is 0.0925. The molecular weight excluding hydrogens is 419 g/mol. The average Bonchev–Trinajstić information content (AvgIpc) is 2.79. The molecule has 5 nitrogen and oxygen atoms in total. The summed E-state index contributed by atoms with van der Waals surface area (Å²) in [5.41, 5.74) is 2.98. The van der Waals surface area contributed by atoms with Crippen molar-refractivity contribution in [2.24, 2.45) is 0 Å². The molecule has 2 heterocycles. The molecule has 2 aliphatic heterocycles. The fraction of sp³-hybridized carbons (Fsp3) is 0.458. The molecule has 1 saturated heterocycles. The predicted molar refractivity (Wildman–Crippen MR) is 117 cm³/mol. The molecule has 172 valence electrons. The third kappa shape index (κ3) is 5.07. The number of rotatable bonds is 6. The van der Waals surface area contributed by atoms with E-state index >= 15 is 0 Å². The second kappa shape index (κ2) is 9.50. The van der Waals surface area contributed by atoms with Gasteiger partial charge in [0.05, 0.1) is 7.11 Å². The van der Waals surface area contributed by atoms with E-state index in [1.165, 1.54) is 5.56 Å². The van der Waals surface area contributed by atoms with Crippen LogP contribution in [-0.2, 0) is 17.8 Å². The van der Waals surface area contributed by atoms with Gasteiger partial charge >= 0.3 is 6.18 Å². The zero-order valence-corrected chi connectivity index (χ0v) is 18.0. The Hall–Kier alpha value is -2.58. The third-order valence-electron chi connectivity index (χ3n) is 6.19. The van der Waals surface area contributed by atoms with Crippen LogP contribution in [0, 0.1) is 0 Å². The number of nitrogens with one attached hydrogen (secondary N) is 2. The van der Waals surface area contributed by atoms with Gasteiger partial charge in [0.15, 0.2) is 0 Å². The first kappa shape index (κ1) is 22.6. The summed E-state index contributed by atoms with van der Waals surface area (Å²) in [6, 6.07) is 14.0. The molecule has 0 spiro atoms. The number of fused-ring (bicyclic) bond motifs is 1. The van der Waals surface area contributed by atoms with E-state index in [-0.39, 0.29) is 18.5 Å². The van der Waals surface area contributed by atoms with Gasteiger partial charge in [0.25, 0.3) is 0 Å². The lowest BCUT2D eigenvalue weighted by atomic mass is 9.92. The van der Waals surface area contributed by atoms with Crippen LogP contribution in [0.25, 0.3) is 0 Å². The number of halogens is 3. The minimum absolute atomic E-state index is 0.0658. The molecule has 32 heavy (non-hydrogen) atoms. The topological polar surface area (TPSA) is 53.6 Å². The minimum atomic E-state index is -4.46. The van der Waals surface area contributed by atoms with Gasteiger partial charge in [-0.3, -0.25) is 4.79 Å². The molecule has 0 bridgehead atoms. The van der Waals surface area contributed by atoms with Crippen LogP contribution in [-0.4, -0.2) is 38.3 Å². The lowest BCUT2D eigenvalue weighted by molar-refractivity contribution is -0.132. The van der Waals surface area contributed by atoms with Crippen molar-refractivity contribution < 1.29 is 22.7 Å². The number of ether oxygens (including phenoxy) is 1.